The zero-order valence-corrected chi connectivity index (χ0v) is 34.3. The number of hydrogen-bond donors (Lipinski definition) is 0. The quantitative estimate of drug-likeness (QED) is 0.175. The highest BCUT2D eigenvalue weighted by Crippen LogP contribution is 2.51. The Morgan fingerprint density at radius 2 is 1.02 bits per heavy atom. The summed E-state index contributed by atoms with van der Waals surface area (Å²) >= 11 is 0. The molecule has 1 aliphatic rings. The van der Waals surface area contributed by atoms with Gasteiger partial charge in [0.15, 0.2) is 0 Å². The van der Waals surface area contributed by atoms with Crippen LogP contribution in [0.4, 0.5) is 0 Å². The molecule has 0 saturated heterocycles. The third-order valence-electron chi connectivity index (χ3n) is 13.6. The van der Waals surface area contributed by atoms with Crippen LogP contribution in [0, 0.1) is 11.3 Å². The van der Waals surface area contributed by atoms with Gasteiger partial charge in [0.1, 0.15) is 0 Å². The molecule has 4 nitrogen and oxygen atoms in total. The molecule has 12 aromatic rings. The van der Waals surface area contributed by atoms with Crippen LogP contribution in [0.2, 0.25) is 0 Å². The first kappa shape index (κ1) is 34.7. The maximum absolute atomic E-state index is 10.6. The Hall–Kier alpha value is -8.13. The largest absolute Gasteiger partial charge is 0.309 e. The van der Waals surface area contributed by atoms with Crippen molar-refractivity contribution >= 4 is 65.4 Å². The van der Waals surface area contributed by atoms with E-state index in [1.165, 1.54) is 76.6 Å². The zero-order chi connectivity index (χ0) is 41.3. The molecular formula is C58H38N4. The summed E-state index contributed by atoms with van der Waals surface area (Å²) in [4.78, 5) is 0. The van der Waals surface area contributed by atoms with Gasteiger partial charge in [0.05, 0.1) is 44.7 Å². The van der Waals surface area contributed by atoms with Gasteiger partial charge in [-0.05, 0) is 112 Å². The van der Waals surface area contributed by atoms with Gasteiger partial charge >= 0.3 is 0 Å². The van der Waals surface area contributed by atoms with Crippen molar-refractivity contribution in [2.75, 3.05) is 0 Å². The Morgan fingerprint density at radius 1 is 0.387 bits per heavy atom. The van der Waals surface area contributed by atoms with E-state index in [1.54, 1.807) is 0 Å². The van der Waals surface area contributed by atoms with Gasteiger partial charge in [-0.3, -0.25) is 0 Å². The summed E-state index contributed by atoms with van der Waals surface area (Å²) in [7, 11) is 0. The lowest BCUT2D eigenvalue weighted by Crippen LogP contribution is -2.14. The molecule has 0 bridgehead atoms. The summed E-state index contributed by atoms with van der Waals surface area (Å²) in [5.74, 6) is 0. The first-order valence-corrected chi connectivity index (χ1v) is 21.3. The number of hydrogen-bond acceptors (Lipinski definition) is 1. The Labute approximate surface area is 358 Å². The van der Waals surface area contributed by atoms with Crippen molar-refractivity contribution in [3.63, 3.8) is 0 Å². The van der Waals surface area contributed by atoms with Crippen molar-refractivity contribution in [2.45, 2.75) is 19.3 Å². The lowest BCUT2D eigenvalue weighted by atomic mass is 9.82. The Morgan fingerprint density at radius 3 is 1.81 bits per heavy atom. The Bertz CT molecular complexity index is 3900. The van der Waals surface area contributed by atoms with Gasteiger partial charge in [0.2, 0.25) is 0 Å². The van der Waals surface area contributed by atoms with Crippen LogP contribution < -0.4 is 0 Å². The molecule has 0 N–H and O–H groups in total. The smallest absolute Gasteiger partial charge is 0.0992 e. The van der Waals surface area contributed by atoms with Gasteiger partial charge in [-0.1, -0.05) is 129 Å². The van der Waals surface area contributed by atoms with Crippen LogP contribution in [0.15, 0.2) is 194 Å². The Balaban J connectivity index is 1.03. The Kier molecular flexibility index (Phi) is 7.10. The van der Waals surface area contributed by atoms with Gasteiger partial charge < -0.3 is 13.7 Å². The number of rotatable bonds is 4. The van der Waals surface area contributed by atoms with Crippen LogP contribution in [-0.4, -0.2) is 13.7 Å². The van der Waals surface area contributed by atoms with Gasteiger partial charge in [-0.25, -0.2) is 0 Å². The molecule has 13 rings (SSSR count). The van der Waals surface area contributed by atoms with E-state index in [0.29, 0.717) is 5.56 Å². The standard InChI is InChI=1S/C58H38N4/c1-58(2)49-23-10-6-19-42(49)47-33-48-44-21-8-11-24-51(44)60(55(48)34-50(47)58)40-18-14-15-37(31-40)38-29-36(35-59)30-41(32-38)61-53-26-13-9-22-46(53)56-54(61)28-27-45-43-20-7-12-25-52(43)62(57(45)56)39-16-4-3-5-17-39/h3-34H,1-2H3. The van der Waals surface area contributed by atoms with Gasteiger partial charge in [0, 0.05) is 54.8 Å². The van der Waals surface area contributed by atoms with Crippen LogP contribution in [-0.2, 0) is 5.41 Å². The van der Waals surface area contributed by atoms with Crippen LogP contribution in [0.3, 0.4) is 0 Å². The van der Waals surface area contributed by atoms with E-state index < -0.39 is 0 Å². The van der Waals surface area contributed by atoms with Crippen molar-refractivity contribution in [1.29, 1.82) is 5.26 Å². The van der Waals surface area contributed by atoms with Crippen molar-refractivity contribution in [3.8, 4) is 45.4 Å². The fourth-order valence-electron chi connectivity index (χ4n) is 10.9. The predicted octanol–water partition coefficient (Wildman–Crippen LogP) is 14.8. The minimum atomic E-state index is -0.117. The van der Waals surface area contributed by atoms with E-state index in [-0.39, 0.29) is 5.41 Å². The van der Waals surface area contributed by atoms with Crippen molar-refractivity contribution in [3.05, 3.63) is 211 Å². The fraction of sp³-hybridized carbons (Fsp3) is 0.0517. The van der Waals surface area contributed by atoms with Crippen LogP contribution in [0.5, 0.6) is 0 Å². The molecule has 3 heterocycles. The van der Waals surface area contributed by atoms with Crippen LogP contribution in [0.1, 0.15) is 30.5 Å². The van der Waals surface area contributed by atoms with E-state index in [4.69, 9.17) is 0 Å². The van der Waals surface area contributed by atoms with E-state index in [0.717, 1.165) is 39.2 Å². The summed E-state index contributed by atoms with van der Waals surface area (Å²) in [5, 5.41) is 17.9. The van der Waals surface area contributed by atoms with E-state index in [2.05, 4.69) is 216 Å². The summed E-state index contributed by atoms with van der Waals surface area (Å²) in [5.41, 5.74) is 18.0. The molecule has 3 aromatic heterocycles. The first-order valence-electron chi connectivity index (χ1n) is 21.3. The number of aromatic nitrogens is 3. The first-order chi connectivity index (χ1) is 30.5. The molecule has 0 aliphatic heterocycles. The van der Waals surface area contributed by atoms with E-state index in [9.17, 15) is 5.26 Å². The molecule has 62 heavy (non-hydrogen) atoms. The summed E-state index contributed by atoms with van der Waals surface area (Å²) in [6.07, 6.45) is 0. The lowest BCUT2D eigenvalue weighted by Gasteiger charge is -2.21. The number of para-hydroxylation sites is 4. The third-order valence-corrected chi connectivity index (χ3v) is 13.6. The van der Waals surface area contributed by atoms with Crippen LogP contribution >= 0.6 is 0 Å². The maximum Gasteiger partial charge on any atom is 0.0992 e. The topological polar surface area (TPSA) is 38.6 Å². The van der Waals surface area contributed by atoms with Crippen molar-refractivity contribution in [1.82, 2.24) is 13.7 Å². The SMILES string of the molecule is CC1(C)c2ccccc2-c2cc3c4ccccc4n(-c4cccc(-c5cc(C#N)cc(-n6c7ccccc7c7c6ccc6c8ccccc8n(-c8ccccc8)c67)c5)c4)c3cc21. The van der Waals surface area contributed by atoms with Crippen molar-refractivity contribution in [2.24, 2.45) is 0 Å². The molecule has 0 atom stereocenters. The summed E-state index contributed by atoms with van der Waals surface area (Å²) in [6, 6.07) is 72.7. The van der Waals surface area contributed by atoms with E-state index >= 15 is 0 Å². The zero-order valence-electron chi connectivity index (χ0n) is 34.3. The maximum atomic E-state index is 10.6. The lowest BCUT2D eigenvalue weighted by molar-refractivity contribution is 0.661. The molecule has 0 spiro atoms. The average Bonchev–Trinajstić information content (AvgIpc) is 4.02. The third kappa shape index (κ3) is 4.71. The number of fused-ring (bicyclic) bond motifs is 13. The molecule has 0 fully saturated rings. The molecule has 4 heteroatoms. The van der Waals surface area contributed by atoms with Gasteiger partial charge in [-0.2, -0.15) is 5.26 Å². The monoisotopic (exact) mass is 790 g/mol. The predicted molar refractivity (Wildman–Crippen MR) is 257 cm³/mol. The molecule has 1 aliphatic carbocycles. The average molecular weight is 791 g/mol. The second-order valence-corrected chi connectivity index (χ2v) is 17.3. The highest BCUT2D eigenvalue weighted by atomic mass is 15.0. The summed E-state index contributed by atoms with van der Waals surface area (Å²) < 4.78 is 7.18. The molecule has 9 aromatic carbocycles. The second kappa shape index (κ2) is 12.7. The number of benzene rings is 9. The highest BCUT2D eigenvalue weighted by molar-refractivity contribution is 6.26. The minimum absolute atomic E-state index is 0.117. The fourth-order valence-corrected chi connectivity index (χ4v) is 10.9. The second-order valence-electron chi connectivity index (χ2n) is 17.3. The molecule has 290 valence electrons. The molecule has 0 radical (unpaired) electrons. The van der Waals surface area contributed by atoms with E-state index in [1.807, 2.05) is 12.1 Å². The van der Waals surface area contributed by atoms with Crippen molar-refractivity contribution < 1.29 is 0 Å². The van der Waals surface area contributed by atoms with Crippen LogP contribution in [0.25, 0.3) is 105 Å². The number of nitriles is 1. The molecule has 0 amide bonds. The normalized spacial score (nSPS) is 13.1. The summed E-state index contributed by atoms with van der Waals surface area (Å²) in [6.45, 7) is 4.69. The van der Waals surface area contributed by atoms with Gasteiger partial charge in [-0.15, -0.1) is 0 Å². The highest BCUT2D eigenvalue weighted by Gasteiger charge is 2.36. The molecular weight excluding hydrogens is 753 g/mol. The minimum Gasteiger partial charge on any atom is -0.309 e. The molecule has 0 unspecified atom stereocenters. The molecule has 0 saturated carbocycles. The number of nitrogens with zero attached hydrogens (tertiary/aromatic N) is 4. The van der Waals surface area contributed by atoms with Gasteiger partial charge in [0.25, 0.3) is 0 Å².